The van der Waals surface area contributed by atoms with Gasteiger partial charge >= 0.3 is 0 Å². The molecular formula is C10H15N3S. The first-order valence-electron chi connectivity index (χ1n) is 4.47. The maximum atomic E-state index is 8.55. The highest BCUT2D eigenvalue weighted by Gasteiger charge is 2.26. The summed E-state index contributed by atoms with van der Waals surface area (Å²) in [6.07, 6.45) is 0.403. The van der Waals surface area contributed by atoms with E-state index in [9.17, 15) is 0 Å². The van der Waals surface area contributed by atoms with Gasteiger partial charge in [0.1, 0.15) is 5.01 Å². The van der Waals surface area contributed by atoms with Crippen molar-refractivity contribution in [2.45, 2.75) is 25.8 Å². The van der Waals surface area contributed by atoms with E-state index in [1.54, 1.807) is 11.3 Å². The van der Waals surface area contributed by atoms with Crippen LogP contribution >= 0.6 is 11.3 Å². The lowest BCUT2D eigenvalue weighted by Gasteiger charge is -2.30. The Morgan fingerprint density at radius 3 is 2.71 bits per heavy atom. The molecule has 0 radical (unpaired) electrons. The highest BCUT2D eigenvalue weighted by molar-refractivity contribution is 7.09. The van der Waals surface area contributed by atoms with Crippen molar-refractivity contribution >= 4 is 11.3 Å². The first-order chi connectivity index (χ1) is 6.48. The molecule has 1 aromatic heterocycles. The topological polar surface area (TPSA) is 39.9 Å². The molecule has 76 valence electrons. The maximum Gasteiger partial charge on any atom is 0.113 e. The van der Waals surface area contributed by atoms with E-state index < -0.39 is 0 Å². The van der Waals surface area contributed by atoms with Crippen LogP contribution in [0.25, 0.3) is 0 Å². The molecule has 0 atom stereocenters. The summed E-state index contributed by atoms with van der Waals surface area (Å²) in [7, 11) is 4.07. The molecule has 0 aliphatic heterocycles. The first kappa shape index (κ1) is 11.2. The van der Waals surface area contributed by atoms with Crippen LogP contribution < -0.4 is 0 Å². The van der Waals surface area contributed by atoms with Gasteiger partial charge in [0.15, 0.2) is 0 Å². The molecule has 0 N–H and O–H groups in total. The molecule has 0 aliphatic rings. The van der Waals surface area contributed by atoms with E-state index in [1.165, 1.54) is 0 Å². The molecule has 0 aliphatic carbocycles. The molecular weight excluding hydrogens is 194 g/mol. The van der Waals surface area contributed by atoms with Gasteiger partial charge in [0, 0.05) is 5.38 Å². The fourth-order valence-corrected chi connectivity index (χ4v) is 1.97. The Kier molecular flexibility index (Phi) is 3.25. The van der Waals surface area contributed by atoms with Gasteiger partial charge < -0.3 is 0 Å². The highest BCUT2D eigenvalue weighted by atomic mass is 32.1. The van der Waals surface area contributed by atoms with Gasteiger partial charge in [0.25, 0.3) is 0 Å². The van der Waals surface area contributed by atoms with E-state index in [1.807, 2.05) is 19.5 Å². The van der Waals surface area contributed by atoms with Crippen LogP contribution in [-0.4, -0.2) is 24.0 Å². The van der Waals surface area contributed by atoms with Gasteiger partial charge in [-0.05, 0) is 27.9 Å². The van der Waals surface area contributed by atoms with E-state index in [0.29, 0.717) is 6.42 Å². The van der Waals surface area contributed by atoms with E-state index >= 15 is 0 Å². The zero-order valence-corrected chi connectivity index (χ0v) is 9.85. The highest BCUT2D eigenvalue weighted by Crippen LogP contribution is 2.28. The van der Waals surface area contributed by atoms with Crippen LogP contribution in [0.1, 0.15) is 24.5 Å². The van der Waals surface area contributed by atoms with Crippen molar-refractivity contribution in [1.82, 2.24) is 9.88 Å². The molecule has 1 heterocycles. The number of hydrogen-bond donors (Lipinski definition) is 0. The summed E-state index contributed by atoms with van der Waals surface area (Å²) >= 11 is 1.62. The van der Waals surface area contributed by atoms with E-state index in [0.717, 1.165) is 10.7 Å². The summed E-state index contributed by atoms with van der Waals surface area (Å²) in [4.78, 5) is 6.57. The second kappa shape index (κ2) is 4.07. The molecule has 0 unspecified atom stereocenters. The summed E-state index contributed by atoms with van der Waals surface area (Å²) in [6, 6.07) is 2.11. The average molecular weight is 209 g/mol. The van der Waals surface area contributed by atoms with Gasteiger partial charge in [0.05, 0.1) is 23.7 Å². The van der Waals surface area contributed by atoms with Crippen molar-refractivity contribution < 1.29 is 0 Å². The fourth-order valence-electron chi connectivity index (χ4n) is 0.941. The minimum absolute atomic E-state index is 0.0572. The van der Waals surface area contributed by atoms with Gasteiger partial charge in [-0.2, -0.15) is 5.26 Å². The molecule has 0 saturated heterocycles. The molecule has 4 heteroatoms. The van der Waals surface area contributed by atoms with Crippen molar-refractivity contribution in [1.29, 1.82) is 5.26 Å². The molecule has 0 aromatic carbocycles. The third kappa shape index (κ3) is 2.11. The zero-order valence-electron chi connectivity index (χ0n) is 9.03. The van der Waals surface area contributed by atoms with E-state index in [2.05, 4.69) is 29.8 Å². The third-order valence-corrected chi connectivity index (χ3v) is 3.66. The monoisotopic (exact) mass is 209 g/mol. The number of nitrogens with zero attached hydrogens (tertiary/aromatic N) is 3. The largest absolute Gasteiger partial charge is 0.298 e. The number of hydrogen-bond acceptors (Lipinski definition) is 4. The Hall–Kier alpha value is -0.920. The molecule has 14 heavy (non-hydrogen) atoms. The lowest BCUT2D eigenvalue weighted by molar-refractivity contribution is 0.197. The van der Waals surface area contributed by atoms with Crippen LogP contribution in [-0.2, 0) is 12.0 Å². The lowest BCUT2D eigenvalue weighted by atomic mass is 10.1. The Bertz CT molecular complexity index is 346. The van der Waals surface area contributed by atoms with Crippen LogP contribution in [0.2, 0.25) is 0 Å². The number of rotatable bonds is 3. The smallest absolute Gasteiger partial charge is 0.113 e. The Morgan fingerprint density at radius 1 is 1.57 bits per heavy atom. The van der Waals surface area contributed by atoms with Gasteiger partial charge in [-0.25, -0.2) is 4.98 Å². The van der Waals surface area contributed by atoms with Crippen molar-refractivity contribution in [3.05, 3.63) is 16.1 Å². The SMILES string of the molecule is CN(C)C(C)(C)c1nc(CC#N)cs1. The molecule has 1 rings (SSSR count). The summed E-state index contributed by atoms with van der Waals surface area (Å²) in [5, 5.41) is 11.6. The van der Waals surface area contributed by atoms with Crippen molar-refractivity contribution in [2.75, 3.05) is 14.1 Å². The third-order valence-electron chi connectivity index (χ3n) is 2.45. The summed E-state index contributed by atoms with van der Waals surface area (Å²) in [5.41, 5.74) is 0.820. The standard InChI is InChI=1S/C10H15N3S/c1-10(2,13(3)4)9-12-8(5-6-11)7-14-9/h7H,5H2,1-4H3. The zero-order chi connectivity index (χ0) is 10.8. The number of aromatic nitrogens is 1. The Labute approximate surface area is 89.0 Å². The fraction of sp³-hybridized carbons (Fsp3) is 0.600. The van der Waals surface area contributed by atoms with Crippen molar-refractivity contribution in [2.24, 2.45) is 0 Å². The van der Waals surface area contributed by atoms with E-state index in [-0.39, 0.29) is 5.54 Å². The molecule has 0 fully saturated rings. The minimum Gasteiger partial charge on any atom is -0.298 e. The number of thiazole rings is 1. The lowest BCUT2D eigenvalue weighted by Crippen LogP contribution is -2.35. The molecule has 0 amide bonds. The molecule has 0 spiro atoms. The second-order valence-electron chi connectivity index (χ2n) is 3.93. The summed E-state index contributed by atoms with van der Waals surface area (Å²) < 4.78 is 0. The van der Waals surface area contributed by atoms with Crippen LogP contribution in [0.15, 0.2) is 5.38 Å². The van der Waals surface area contributed by atoms with Crippen LogP contribution in [0.5, 0.6) is 0 Å². The predicted molar refractivity (Wildman–Crippen MR) is 58.1 cm³/mol. The maximum absolute atomic E-state index is 8.55. The molecule has 3 nitrogen and oxygen atoms in total. The van der Waals surface area contributed by atoms with Gasteiger partial charge in [-0.3, -0.25) is 4.90 Å². The second-order valence-corrected chi connectivity index (χ2v) is 4.79. The Balaban J connectivity index is 2.92. The predicted octanol–water partition coefficient (Wildman–Crippen LogP) is 2.01. The summed E-state index contributed by atoms with van der Waals surface area (Å²) in [6.45, 7) is 4.25. The quantitative estimate of drug-likeness (QED) is 0.764. The Morgan fingerprint density at radius 2 is 2.21 bits per heavy atom. The van der Waals surface area contributed by atoms with Crippen LogP contribution in [0, 0.1) is 11.3 Å². The first-order valence-corrected chi connectivity index (χ1v) is 5.35. The summed E-state index contributed by atoms with van der Waals surface area (Å²) in [5.74, 6) is 0. The van der Waals surface area contributed by atoms with Gasteiger partial charge in [-0.15, -0.1) is 11.3 Å². The van der Waals surface area contributed by atoms with Gasteiger partial charge in [0.2, 0.25) is 0 Å². The van der Waals surface area contributed by atoms with E-state index in [4.69, 9.17) is 5.26 Å². The minimum atomic E-state index is -0.0572. The van der Waals surface area contributed by atoms with Crippen molar-refractivity contribution in [3.8, 4) is 6.07 Å². The normalized spacial score (nSPS) is 11.7. The van der Waals surface area contributed by atoms with Crippen LogP contribution in [0.4, 0.5) is 0 Å². The van der Waals surface area contributed by atoms with Crippen molar-refractivity contribution in [3.63, 3.8) is 0 Å². The molecule has 0 bridgehead atoms. The molecule has 0 saturated carbocycles. The molecule has 1 aromatic rings. The van der Waals surface area contributed by atoms with Crippen LogP contribution in [0.3, 0.4) is 0 Å². The van der Waals surface area contributed by atoms with Gasteiger partial charge in [-0.1, -0.05) is 0 Å². The average Bonchev–Trinajstić information content (AvgIpc) is 2.53. The number of nitriles is 1.